The first kappa shape index (κ1) is 25.4. The van der Waals surface area contributed by atoms with Crippen LogP contribution in [0.3, 0.4) is 0 Å². The van der Waals surface area contributed by atoms with Crippen LogP contribution in [0, 0.1) is 6.92 Å². The molecule has 2 aliphatic heterocycles. The number of nitrogens with two attached hydrogens (primary N) is 1. The molecule has 4 N–H and O–H groups in total. The smallest absolute Gasteiger partial charge is 0.407 e. The molecule has 8 heteroatoms. The van der Waals surface area contributed by atoms with Crippen LogP contribution in [0.15, 0.2) is 48.5 Å². The number of ether oxygens (including phenoxy) is 1. The molecule has 0 aliphatic carbocycles. The highest BCUT2D eigenvalue weighted by molar-refractivity contribution is 6.16. The van der Waals surface area contributed by atoms with Gasteiger partial charge in [-0.2, -0.15) is 0 Å². The first-order valence-corrected chi connectivity index (χ1v) is 13.6. The molecule has 8 nitrogen and oxygen atoms in total. The summed E-state index contributed by atoms with van der Waals surface area (Å²) in [5, 5.41) is 11.3. The Hall–Kier alpha value is -3.88. The fourth-order valence-electron chi connectivity index (χ4n) is 6.10. The summed E-state index contributed by atoms with van der Waals surface area (Å²) in [5.41, 5.74) is 13.8. The second-order valence-electron chi connectivity index (χ2n) is 10.8. The Labute approximate surface area is 227 Å². The largest absolute Gasteiger partial charge is 0.465 e. The fourth-order valence-corrected chi connectivity index (χ4v) is 6.10. The number of H-pyrrole nitrogens is 1. The molecule has 0 bridgehead atoms. The Morgan fingerprint density at radius 3 is 2.44 bits per heavy atom. The van der Waals surface area contributed by atoms with E-state index < -0.39 is 12.0 Å². The molecule has 202 valence electrons. The summed E-state index contributed by atoms with van der Waals surface area (Å²) in [7, 11) is 0. The van der Waals surface area contributed by atoms with Crippen LogP contribution in [-0.4, -0.2) is 71.3 Å². The molecule has 0 spiro atoms. The average molecular weight is 527 g/mol. The quantitative estimate of drug-likeness (QED) is 0.336. The maximum atomic E-state index is 12.6. The van der Waals surface area contributed by atoms with E-state index in [1.807, 2.05) is 6.07 Å². The molecule has 0 unspecified atom stereocenters. The van der Waals surface area contributed by atoms with Crippen LogP contribution in [-0.2, 0) is 11.3 Å². The molecule has 2 aliphatic rings. The van der Waals surface area contributed by atoms with Crippen molar-refractivity contribution in [2.75, 3.05) is 39.4 Å². The van der Waals surface area contributed by atoms with Crippen molar-refractivity contribution in [3.63, 3.8) is 0 Å². The van der Waals surface area contributed by atoms with Crippen LogP contribution in [0.2, 0.25) is 0 Å². The number of carboxylic acid groups (broad SMARTS) is 1. The maximum Gasteiger partial charge on any atom is 0.407 e. The van der Waals surface area contributed by atoms with Gasteiger partial charge in [-0.1, -0.05) is 30.3 Å². The summed E-state index contributed by atoms with van der Waals surface area (Å²) in [6.07, 6.45) is 0.752. The van der Waals surface area contributed by atoms with E-state index in [0.717, 1.165) is 78.6 Å². The molecule has 0 atom stereocenters. The second kappa shape index (κ2) is 10.4. The minimum atomic E-state index is -0.851. The number of fused-ring (bicyclic) bond motifs is 3. The summed E-state index contributed by atoms with van der Waals surface area (Å²) in [6.45, 7) is 7.59. The summed E-state index contributed by atoms with van der Waals surface area (Å²) in [5.74, 6) is -0.156. The van der Waals surface area contributed by atoms with Gasteiger partial charge in [0.15, 0.2) is 0 Å². The molecular weight excluding hydrogens is 492 g/mol. The van der Waals surface area contributed by atoms with Crippen molar-refractivity contribution in [1.82, 2.24) is 14.8 Å². The monoisotopic (exact) mass is 526 g/mol. The van der Waals surface area contributed by atoms with Gasteiger partial charge < -0.3 is 25.5 Å². The Balaban J connectivity index is 1.34. The first-order chi connectivity index (χ1) is 18.9. The van der Waals surface area contributed by atoms with E-state index in [1.54, 1.807) is 0 Å². The SMILES string of the molecule is Cc1cc(-c2cc(C(N)=O)c3[nH]c4cc(C5CCN(C(=O)O)CC5)ccc4c3c2)ccc1CN1CCOCC1. The molecular formula is C31H34N4O4. The number of aromatic amines is 1. The number of hydrogen-bond donors (Lipinski definition) is 3. The Morgan fingerprint density at radius 2 is 1.74 bits per heavy atom. The molecule has 0 radical (unpaired) electrons. The third-order valence-electron chi connectivity index (χ3n) is 8.41. The van der Waals surface area contributed by atoms with E-state index in [0.29, 0.717) is 24.6 Å². The summed E-state index contributed by atoms with van der Waals surface area (Å²) >= 11 is 0. The zero-order valence-electron chi connectivity index (χ0n) is 22.2. The number of morpholine rings is 1. The number of benzene rings is 3. The van der Waals surface area contributed by atoms with Gasteiger partial charge in [0, 0.05) is 49.0 Å². The topological polar surface area (TPSA) is 112 Å². The highest BCUT2D eigenvalue weighted by Gasteiger charge is 2.24. The van der Waals surface area contributed by atoms with Crippen molar-refractivity contribution in [3.05, 3.63) is 70.8 Å². The molecule has 39 heavy (non-hydrogen) atoms. The van der Waals surface area contributed by atoms with E-state index in [1.165, 1.54) is 21.6 Å². The van der Waals surface area contributed by atoms with Gasteiger partial charge >= 0.3 is 6.09 Å². The van der Waals surface area contributed by atoms with Crippen LogP contribution in [0.1, 0.15) is 45.8 Å². The Morgan fingerprint density at radius 1 is 0.974 bits per heavy atom. The minimum absolute atomic E-state index is 0.307. The van der Waals surface area contributed by atoms with E-state index in [2.05, 4.69) is 59.3 Å². The molecule has 1 aromatic heterocycles. The van der Waals surface area contributed by atoms with Crippen molar-refractivity contribution < 1.29 is 19.4 Å². The number of piperidine rings is 1. The van der Waals surface area contributed by atoms with Crippen molar-refractivity contribution in [3.8, 4) is 11.1 Å². The lowest BCUT2D eigenvalue weighted by Crippen LogP contribution is -2.36. The molecule has 2 saturated heterocycles. The van der Waals surface area contributed by atoms with Crippen molar-refractivity contribution in [1.29, 1.82) is 0 Å². The van der Waals surface area contributed by atoms with E-state index in [9.17, 15) is 14.7 Å². The molecule has 6 rings (SSSR count). The minimum Gasteiger partial charge on any atom is -0.465 e. The number of rotatable bonds is 5. The number of nitrogens with zero attached hydrogens (tertiary/aromatic N) is 2. The number of likely N-dealkylation sites (tertiary alicyclic amines) is 1. The predicted octanol–water partition coefficient (Wildman–Crippen LogP) is 5.09. The maximum absolute atomic E-state index is 12.6. The van der Waals surface area contributed by atoms with Crippen LogP contribution in [0.4, 0.5) is 4.79 Å². The molecule has 3 aromatic carbocycles. The normalized spacial score (nSPS) is 17.2. The first-order valence-electron chi connectivity index (χ1n) is 13.6. The van der Waals surface area contributed by atoms with Crippen LogP contribution < -0.4 is 5.73 Å². The second-order valence-corrected chi connectivity index (χ2v) is 10.8. The van der Waals surface area contributed by atoms with E-state index in [-0.39, 0.29) is 0 Å². The number of carbonyl (C=O) groups is 2. The molecule has 3 heterocycles. The lowest BCUT2D eigenvalue weighted by Gasteiger charge is -2.30. The highest BCUT2D eigenvalue weighted by Crippen LogP contribution is 2.36. The number of aryl methyl sites for hydroxylation is 1. The molecule has 2 amide bonds. The number of hydrogen-bond acceptors (Lipinski definition) is 4. The van der Waals surface area contributed by atoms with Gasteiger partial charge in [0.1, 0.15) is 0 Å². The lowest BCUT2D eigenvalue weighted by molar-refractivity contribution is 0.0341. The van der Waals surface area contributed by atoms with Gasteiger partial charge in [0.05, 0.1) is 24.3 Å². The summed E-state index contributed by atoms with van der Waals surface area (Å²) < 4.78 is 5.48. The van der Waals surface area contributed by atoms with Gasteiger partial charge in [0.2, 0.25) is 0 Å². The number of primary amides is 1. The summed E-state index contributed by atoms with van der Waals surface area (Å²) in [6, 6.07) is 16.9. The van der Waals surface area contributed by atoms with Crippen molar-refractivity contribution in [2.45, 2.75) is 32.2 Å². The average Bonchev–Trinajstić information content (AvgIpc) is 3.32. The molecule has 0 saturated carbocycles. The number of nitrogens with one attached hydrogen (secondary N) is 1. The zero-order chi connectivity index (χ0) is 27.1. The van der Waals surface area contributed by atoms with Crippen LogP contribution >= 0.6 is 0 Å². The van der Waals surface area contributed by atoms with Gasteiger partial charge in [-0.15, -0.1) is 0 Å². The predicted molar refractivity (Wildman–Crippen MR) is 152 cm³/mol. The van der Waals surface area contributed by atoms with Gasteiger partial charge in [-0.05, 0) is 71.7 Å². The van der Waals surface area contributed by atoms with Crippen LogP contribution in [0.5, 0.6) is 0 Å². The standard InChI is InChI=1S/C31H34N4O4/c1-19-14-21(2-3-23(19)18-34-10-12-39-13-11-34)24-15-26-25-5-4-22(20-6-8-35(9-7-20)31(37)38)17-28(25)33-29(26)27(16-24)30(32)36/h2-5,14-17,20,33H,6-13,18H2,1H3,(H2,32,36)(H,37,38). The van der Waals surface area contributed by atoms with Gasteiger partial charge in [0.25, 0.3) is 5.91 Å². The van der Waals surface area contributed by atoms with Gasteiger partial charge in [-0.25, -0.2) is 4.79 Å². The van der Waals surface area contributed by atoms with Gasteiger partial charge in [-0.3, -0.25) is 9.69 Å². The number of carbonyl (C=O) groups excluding carboxylic acids is 1. The fraction of sp³-hybridized carbons (Fsp3) is 0.355. The molecule has 2 fully saturated rings. The highest BCUT2D eigenvalue weighted by atomic mass is 16.5. The van der Waals surface area contributed by atoms with E-state index >= 15 is 0 Å². The molecule has 4 aromatic rings. The number of aromatic nitrogens is 1. The third-order valence-corrected chi connectivity index (χ3v) is 8.41. The lowest BCUT2D eigenvalue weighted by atomic mass is 9.89. The van der Waals surface area contributed by atoms with Crippen molar-refractivity contribution >= 4 is 33.8 Å². The van der Waals surface area contributed by atoms with E-state index in [4.69, 9.17) is 10.5 Å². The van der Waals surface area contributed by atoms with Crippen LogP contribution in [0.25, 0.3) is 32.9 Å². The summed E-state index contributed by atoms with van der Waals surface area (Å²) in [4.78, 5) is 31.2. The van der Waals surface area contributed by atoms with Crippen molar-refractivity contribution in [2.24, 2.45) is 5.73 Å². The zero-order valence-corrected chi connectivity index (χ0v) is 22.2. The number of amides is 2. The Bertz CT molecular complexity index is 1560. The Kier molecular flexibility index (Phi) is 6.74. The third kappa shape index (κ3) is 4.97.